The summed E-state index contributed by atoms with van der Waals surface area (Å²) in [5.74, 6) is 1.16. The van der Waals surface area contributed by atoms with E-state index >= 15 is 0 Å². The predicted octanol–water partition coefficient (Wildman–Crippen LogP) is 0.652. The molecule has 0 amide bonds. The van der Waals surface area contributed by atoms with Gasteiger partial charge >= 0.3 is 0 Å². The lowest BCUT2D eigenvalue weighted by atomic mass is 9.97. The van der Waals surface area contributed by atoms with E-state index in [-0.39, 0.29) is 0 Å². The lowest BCUT2D eigenvalue weighted by Crippen LogP contribution is -2.27. The Bertz CT molecular complexity index is 300. The highest BCUT2D eigenvalue weighted by molar-refractivity contribution is 5.14. The van der Waals surface area contributed by atoms with Crippen LogP contribution >= 0.6 is 0 Å². The number of nitrogens with two attached hydrogens (primary N) is 2. The Morgan fingerprint density at radius 3 is 2.06 bits per heavy atom. The van der Waals surface area contributed by atoms with Gasteiger partial charge in [-0.3, -0.25) is 4.90 Å². The van der Waals surface area contributed by atoms with E-state index in [4.69, 9.17) is 11.5 Å². The highest BCUT2D eigenvalue weighted by Gasteiger charge is 2.30. The van der Waals surface area contributed by atoms with Gasteiger partial charge in [-0.15, -0.1) is 0 Å². The van der Waals surface area contributed by atoms with Gasteiger partial charge in [0.25, 0.3) is 0 Å². The zero-order chi connectivity index (χ0) is 11.4. The number of rotatable bonds is 4. The van der Waals surface area contributed by atoms with Crippen molar-refractivity contribution in [2.45, 2.75) is 6.54 Å². The van der Waals surface area contributed by atoms with Crippen molar-refractivity contribution in [1.82, 2.24) is 4.90 Å². The molecule has 3 nitrogen and oxygen atoms in total. The van der Waals surface area contributed by atoms with Gasteiger partial charge < -0.3 is 11.5 Å². The second-order valence-electron chi connectivity index (χ2n) is 4.67. The summed E-state index contributed by atoms with van der Waals surface area (Å²) in [5.41, 5.74) is 12.9. The Kier molecular flexibility index (Phi) is 3.93. The van der Waals surface area contributed by atoms with E-state index in [9.17, 15) is 0 Å². The van der Waals surface area contributed by atoms with Crippen LogP contribution in [-0.2, 0) is 6.54 Å². The Hall–Kier alpha value is -0.900. The highest BCUT2D eigenvalue weighted by atomic mass is 15.2. The van der Waals surface area contributed by atoms with Crippen LogP contribution in [0.1, 0.15) is 5.56 Å². The molecule has 88 valence electrons. The highest BCUT2D eigenvalue weighted by Crippen LogP contribution is 2.23. The molecule has 16 heavy (non-hydrogen) atoms. The second kappa shape index (κ2) is 5.43. The number of hydrogen-bond acceptors (Lipinski definition) is 3. The zero-order valence-electron chi connectivity index (χ0n) is 9.68. The van der Waals surface area contributed by atoms with Gasteiger partial charge in [0.2, 0.25) is 0 Å². The molecule has 1 heterocycles. The number of benzene rings is 1. The number of likely N-dealkylation sites (tertiary alicyclic amines) is 1. The van der Waals surface area contributed by atoms with Crippen molar-refractivity contribution >= 4 is 0 Å². The van der Waals surface area contributed by atoms with Crippen molar-refractivity contribution in [2.24, 2.45) is 23.3 Å². The maximum Gasteiger partial charge on any atom is 0.0233 e. The Morgan fingerprint density at radius 1 is 1.00 bits per heavy atom. The Balaban J connectivity index is 1.93. The van der Waals surface area contributed by atoms with Crippen LogP contribution in [0.5, 0.6) is 0 Å². The second-order valence-corrected chi connectivity index (χ2v) is 4.67. The third-order valence-corrected chi connectivity index (χ3v) is 3.51. The molecule has 0 radical (unpaired) electrons. The monoisotopic (exact) mass is 219 g/mol. The first-order valence-electron chi connectivity index (χ1n) is 6.00. The summed E-state index contributed by atoms with van der Waals surface area (Å²) < 4.78 is 0. The van der Waals surface area contributed by atoms with Crippen LogP contribution < -0.4 is 11.5 Å². The molecule has 1 saturated heterocycles. The van der Waals surface area contributed by atoms with Crippen LogP contribution in [0.25, 0.3) is 0 Å². The Morgan fingerprint density at radius 2 is 1.56 bits per heavy atom. The normalized spacial score (nSPS) is 26.1. The quantitative estimate of drug-likeness (QED) is 0.782. The maximum absolute atomic E-state index is 5.77. The SMILES string of the molecule is NC[C@@H]1CN(Cc2ccccc2)C[C@@H]1CN. The summed E-state index contributed by atoms with van der Waals surface area (Å²) in [6.45, 7) is 4.72. The lowest BCUT2D eigenvalue weighted by molar-refractivity contribution is 0.314. The molecule has 2 atom stereocenters. The fraction of sp³-hybridized carbons (Fsp3) is 0.538. The van der Waals surface area contributed by atoms with E-state index in [1.165, 1.54) is 5.56 Å². The molecule has 0 bridgehead atoms. The van der Waals surface area contributed by atoms with E-state index in [1.807, 2.05) is 0 Å². The molecule has 0 saturated carbocycles. The minimum atomic E-state index is 0.578. The molecule has 4 N–H and O–H groups in total. The number of hydrogen-bond donors (Lipinski definition) is 2. The van der Waals surface area contributed by atoms with Crippen LogP contribution in [0.15, 0.2) is 30.3 Å². The summed E-state index contributed by atoms with van der Waals surface area (Å²) in [5, 5.41) is 0. The van der Waals surface area contributed by atoms with E-state index in [2.05, 4.69) is 35.2 Å². The van der Waals surface area contributed by atoms with Crippen LogP contribution in [0.3, 0.4) is 0 Å². The van der Waals surface area contributed by atoms with Gasteiger partial charge in [0, 0.05) is 19.6 Å². The predicted molar refractivity (Wildman–Crippen MR) is 66.8 cm³/mol. The van der Waals surface area contributed by atoms with Gasteiger partial charge in [0.1, 0.15) is 0 Å². The van der Waals surface area contributed by atoms with Gasteiger partial charge in [0.05, 0.1) is 0 Å². The fourth-order valence-corrected chi connectivity index (χ4v) is 2.54. The fourth-order valence-electron chi connectivity index (χ4n) is 2.54. The summed E-state index contributed by atoms with van der Waals surface area (Å²) >= 11 is 0. The van der Waals surface area contributed by atoms with Gasteiger partial charge in [-0.25, -0.2) is 0 Å². The summed E-state index contributed by atoms with van der Waals surface area (Å²) in [6.07, 6.45) is 0. The first kappa shape index (κ1) is 11.6. The average molecular weight is 219 g/mol. The molecule has 2 rings (SSSR count). The van der Waals surface area contributed by atoms with Crippen molar-refractivity contribution < 1.29 is 0 Å². The van der Waals surface area contributed by atoms with Crippen LogP contribution in [0, 0.1) is 11.8 Å². The van der Waals surface area contributed by atoms with Crippen molar-refractivity contribution in [1.29, 1.82) is 0 Å². The van der Waals surface area contributed by atoms with Crippen LogP contribution in [-0.4, -0.2) is 31.1 Å². The molecule has 0 unspecified atom stereocenters. The van der Waals surface area contributed by atoms with E-state index in [0.29, 0.717) is 11.8 Å². The van der Waals surface area contributed by atoms with Gasteiger partial charge in [-0.2, -0.15) is 0 Å². The van der Waals surface area contributed by atoms with Crippen molar-refractivity contribution in [3.8, 4) is 0 Å². The third-order valence-electron chi connectivity index (χ3n) is 3.51. The standard InChI is InChI=1S/C13H21N3/c14-6-12-9-16(10-13(12)7-15)8-11-4-2-1-3-5-11/h1-5,12-13H,6-10,14-15H2/t12-,13+. The smallest absolute Gasteiger partial charge is 0.0233 e. The lowest BCUT2D eigenvalue weighted by Gasteiger charge is -2.15. The molecule has 0 spiro atoms. The summed E-state index contributed by atoms with van der Waals surface area (Å²) in [4.78, 5) is 2.46. The molecule has 1 aromatic carbocycles. The van der Waals surface area contributed by atoms with Gasteiger partial charge in [-0.05, 0) is 30.5 Å². The van der Waals surface area contributed by atoms with Crippen molar-refractivity contribution in [2.75, 3.05) is 26.2 Å². The summed E-state index contributed by atoms with van der Waals surface area (Å²) in [6, 6.07) is 10.6. The molecule has 0 aliphatic carbocycles. The molecule has 1 aromatic rings. The van der Waals surface area contributed by atoms with Crippen LogP contribution in [0.2, 0.25) is 0 Å². The maximum atomic E-state index is 5.77. The van der Waals surface area contributed by atoms with Crippen molar-refractivity contribution in [3.05, 3.63) is 35.9 Å². The molecule has 1 aliphatic heterocycles. The topological polar surface area (TPSA) is 55.3 Å². The molecule has 3 heteroatoms. The molecular formula is C13H21N3. The third kappa shape index (κ3) is 2.61. The Labute approximate surface area is 97.4 Å². The van der Waals surface area contributed by atoms with Gasteiger partial charge in [-0.1, -0.05) is 30.3 Å². The molecule has 0 aromatic heterocycles. The largest absolute Gasteiger partial charge is 0.330 e. The minimum Gasteiger partial charge on any atom is -0.330 e. The molecule has 1 aliphatic rings. The van der Waals surface area contributed by atoms with Crippen molar-refractivity contribution in [3.63, 3.8) is 0 Å². The van der Waals surface area contributed by atoms with E-state index < -0.39 is 0 Å². The minimum absolute atomic E-state index is 0.578. The first-order valence-corrected chi connectivity index (χ1v) is 6.00. The van der Waals surface area contributed by atoms with Crippen LogP contribution in [0.4, 0.5) is 0 Å². The van der Waals surface area contributed by atoms with E-state index in [1.54, 1.807) is 0 Å². The summed E-state index contributed by atoms with van der Waals surface area (Å²) in [7, 11) is 0. The molecular weight excluding hydrogens is 198 g/mol. The molecule has 1 fully saturated rings. The number of nitrogens with zero attached hydrogens (tertiary/aromatic N) is 1. The van der Waals surface area contributed by atoms with E-state index in [0.717, 1.165) is 32.7 Å². The van der Waals surface area contributed by atoms with Gasteiger partial charge in [0.15, 0.2) is 0 Å². The first-order chi connectivity index (χ1) is 7.83. The zero-order valence-corrected chi connectivity index (χ0v) is 9.68. The average Bonchev–Trinajstić information content (AvgIpc) is 2.72.